The first kappa shape index (κ1) is 8.34. The molecule has 0 atom stereocenters. The minimum Gasteiger partial charge on any atom is -0.277 e. The molecule has 0 amide bonds. The molecule has 0 aliphatic carbocycles. The van der Waals surface area contributed by atoms with Crippen molar-refractivity contribution in [1.82, 2.24) is 10.2 Å². The minimum absolute atomic E-state index is 0.684. The Morgan fingerprint density at radius 3 is 2.45 bits per heavy atom. The van der Waals surface area contributed by atoms with Crippen LogP contribution in [0.25, 0.3) is 5.57 Å². The Morgan fingerprint density at radius 2 is 2.09 bits per heavy atom. The number of rotatable bonds is 1. The maximum atomic E-state index is 5.85. The molecule has 2 nitrogen and oxygen atoms in total. The summed E-state index contributed by atoms with van der Waals surface area (Å²) in [6.45, 7) is 6.12. The lowest BCUT2D eigenvalue weighted by atomic mass is 10.1. The van der Waals surface area contributed by atoms with Crippen LogP contribution < -0.4 is 0 Å². The van der Waals surface area contributed by atoms with Gasteiger partial charge in [-0.15, -0.1) is 0 Å². The normalized spacial score (nSPS) is 9.82. The van der Waals surface area contributed by atoms with Crippen molar-refractivity contribution < 1.29 is 0 Å². The van der Waals surface area contributed by atoms with Crippen LogP contribution in [0.3, 0.4) is 0 Å². The fourth-order valence-corrected chi connectivity index (χ4v) is 1.02. The average Bonchev–Trinajstić information content (AvgIpc) is 2.33. The summed E-state index contributed by atoms with van der Waals surface area (Å²) < 4.78 is 0. The van der Waals surface area contributed by atoms with Crippen molar-refractivity contribution in [1.29, 1.82) is 0 Å². The van der Waals surface area contributed by atoms with Gasteiger partial charge >= 0.3 is 0 Å². The van der Waals surface area contributed by atoms with Crippen molar-refractivity contribution in [3.63, 3.8) is 0 Å². The zero-order chi connectivity index (χ0) is 8.43. The number of aromatic amines is 1. The predicted octanol–water partition coefficient (Wildman–Crippen LogP) is 2.88. The Balaban J connectivity index is 3.12. The Labute approximate surface area is 71.3 Å². The van der Waals surface area contributed by atoms with E-state index in [1.807, 2.05) is 20.8 Å². The van der Waals surface area contributed by atoms with E-state index in [0.29, 0.717) is 5.02 Å². The molecular formula is C8H11ClN2. The largest absolute Gasteiger partial charge is 0.277 e. The van der Waals surface area contributed by atoms with Crippen LogP contribution in [0.15, 0.2) is 11.8 Å². The number of aromatic nitrogens is 2. The molecule has 1 rings (SSSR count). The number of hydrogen-bond donors (Lipinski definition) is 1. The maximum Gasteiger partial charge on any atom is 0.0859 e. The first-order valence-electron chi connectivity index (χ1n) is 3.46. The van der Waals surface area contributed by atoms with Crippen LogP contribution in [-0.2, 0) is 0 Å². The maximum absolute atomic E-state index is 5.85. The van der Waals surface area contributed by atoms with E-state index in [1.54, 1.807) is 6.20 Å². The molecule has 0 aliphatic rings. The summed E-state index contributed by atoms with van der Waals surface area (Å²) in [6, 6.07) is 0. The third kappa shape index (κ3) is 1.63. The summed E-state index contributed by atoms with van der Waals surface area (Å²) in [5.41, 5.74) is 3.33. The molecule has 0 aliphatic heterocycles. The van der Waals surface area contributed by atoms with Crippen molar-refractivity contribution in [2.75, 3.05) is 0 Å². The van der Waals surface area contributed by atoms with Gasteiger partial charge in [0, 0.05) is 0 Å². The van der Waals surface area contributed by atoms with Crippen LogP contribution in [0.5, 0.6) is 0 Å². The summed E-state index contributed by atoms with van der Waals surface area (Å²) in [5, 5.41) is 7.36. The van der Waals surface area contributed by atoms with E-state index in [-0.39, 0.29) is 0 Å². The van der Waals surface area contributed by atoms with Crippen molar-refractivity contribution in [3.8, 4) is 0 Å². The van der Waals surface area contributed by atoms with E-state index in [9.17, 15) is 0 Å². The van der Waals surface area contributed by atoms with Crippen LogP contribution in [-0.4, -0.2) is 10.2 Å². The van der Waals surface area contributed by atoms with Gasteiger partial charge in [-0.05, 0) is 26.3 Å². The topological polar surface area (TPSA) is 28.7 Å². The van der Waals surface area contributed by atoms with E-state index < -0.39 is 0 Å². The second kappa shape index (κ2) is 3.09. The third-order valence-corrected chi connectivity index (χ3v) is 2.00. The van der Waals surface area contributed by atoms with Gasteiger partial charge in [-0.3, -0.25) is 5.10 Å². The van der Waals surface area contributed by atoms with Crippen LogP contribution in [0.1, 0.15) is 26.5 Å². The lowest BCUT2D eigenvalue weighted by Crippen LogP contribution is -1.83. The van der Waals surface area contributed by atoms with Gasteiger partial charge in [0.2, 0.25) is 0 Å². The average molecular weight is 171 g/mol. The number of allylic oxidation sites excluding steroid dienone is 2. The summed E-state index contributed by atoms with van der Waals surface area (Å²) >= 11 is 5.85. The van der Waals surface area contributed by atoms with E-state index in [4.69, 9.17) is 11.6 Å². The van der Waals surface area contributed by atoms with Crippen molar-refractivity contribution >= 4 is 17.2 Å². The predicted molar refractivity (Wildman–Crippen MR) is 47.5 cm³/mol. The number of halogens is 1. The molecule has 0 saturated heterocycles. The molecule has 0 fully saturated rings. The van der Waals surface area contributed by atoms with Gasteiger partial charge in [-0.2, -0.15) is 5.10 Å². The Bertz CT molecular complexity index is 282. The zero-order valence-electron chi connectivity index (χ0n) is 6.90. The second-order valence-corrected chi connectivity index (χ2v) is 3.13. The molecule has 11 heavy (non-hydrogen) atoms. The van der Waals surface area contributed by atoms with Gasteiger partial charge in [-0.25, -0.2) is 0 Å². The molecule has 0 bridgehead atoms. The van der Waals surface area contributed by atoms with Gasteiger partial charge in [0.25, 0.3) is 0 Å². The molecule has 1 aromatic heterocycles. The highest BCUT2D eigenvalue weighted by molar-refractivity contribution is 6.32. The molecule has 60 valence electrons. The highest BCUT2D eigenvalue weighted by Gasteiger charge is 2.04. The lowest BCUT2D eigenvalue weighted by Gasteiger charge is -1.99. The monoisotopic (exact) mass is 170 g/mol. The molecule has 0 aromatic carbocycles. The fourth-order valence-electron chi connectivity index (χ4n) is 0.784. The molecule has 1 aromatic rings. The third-order valence-electron chi connectivity index (χ3n) is 1.72. The highest BCUT2D eigenvalue weighted by atomic mass is 35.5. The van der Waals surface area contributed by atoms with Gasteiger partial charge < -0.3 is 0 Å². The quantitative estimate of drug-likeness (QED) is 0.690. The molecule has 0 saturated carbocycles. The molecule has 0 unspecified atom stereocenters. The molecular weight excluding hydrogens is 160 g/mol. The summed E-state index contributed by atoms with van der Waals surface area (Å²) in [6.07, 6.45) is 1.61. The molecule has 0 radical (unpaired) electrons. The Hall–Kier alpha value is -0.760. The summed E-state index contributed by atoms with van der Waals surface area (Å²) in [4.78, 5) is 0. The van der Waals surface area contributed by atoms with E-state index in [1.165, 1.54) is 5.57 Å². The van der Waals surface area contributed by atoms with Crippen molar-refractivity contribution in [3.05, 3.63) is 22.5 Å². The molecule has 1 N–H and O–H groups in total. The first-order chi connectivity index (χ1) is 5.13. The lowest BCUT2D eigenvalue weighted by molar-refractivity contribution is 1.07. The van der Waals surface area contributed by atoms with Gasteiger partial charge in [-0.1, -0.05) is 17.2 Å². The highest BCUT2D eigenvalue weighted by Crippen LogP contribution is 2.22. The molecule has 1 heterocycles. The van der Waals surface area contributed by atoms with Crippen LogP contribution >= 0.6 is 11.6 Å². The minimum atomic E-state index is 0.684. The van der Waals surface area contributed by atoms with E-state index >= 15 is 0 Å². The second-order valence-electron chi connectivity index (χ2n) is 2.72. The van der Waals surface area contributed by atoms with E-state index in [2.05, 4.69) is 10.2 Å². The van der Waals surface area contributed by atoms with Crippen LogP contribution in [0, 0.1) is 0 Å². The Kier molecular flexibility index (Phi) is 2.35. The number of H-pyrrole nitrogens is 1. The van der Waals surface area contributed by atoms with Gasteiger partial charge in [0.05, 0.1) is 16.9 Å². The smallest absolute Gasteiger partial charge is 0.0859 e. The number of nitrogens with zero attached hydrogens (tertiary/aromatic N) is 1. The Morgan fingerprint density at radius 1 is 1.45 bits per heavy atom. The van der Waals surface area contributed by atoms with Crippen molar-refractivity contribution in [2.45, 2.75) is 20.8 Å². The molecule has 3 heteroatoms. The van der Waals surface area contributed by atoms with E-state index in [0.717, 1.165) is 11.3 Å². The SMILES string of the molecule is CC(C)=C(C)c1[nH]ncc1Cl. The summed E-state index contributed by atoms with van der Waals surface area (Å²) in [7, 11) is 0. The van der Waals surface area contributed by atoms with Crippen LogP contribution in [0.4, 0.5) is 0 Å². The number of hydrogen-bond acceptors (Lipinski definition) is 1. The van der Waals surface area contributed by atoms with Gasteiger partial charge in [0.1, 0.15) is 0 Å². The number of nitrogens with one attached hydrogen (secondary N) is 1. The zero-order valence-corrected chi connectivity index (χ0v) is 7.66. The fraction of sp³-hybridized carbons (Fsp3) is 0.375. The van der Waals surface area contributed by atoms with Gasteiger partial charge in [0.15, 0.2) is 0 Å². The van der Waals surface area contributed by atoms with Crippen LogP contribution in [0.2, 0.25) is 5.02 Å². The molecule has 0 spiro atoms. The standard InChI is InChI=1S/C8H11ClN2/c1-5(2)6(3)8-7(9)4-10-11-8/h4H,1-3H3,(H,10,11). The van der Waals surface area contributed by atoms with Crippen molar-refractivity contribution in [2.24, 2.45) is 0 Å². The summed E-state index contributed by atoms with van der Waals surface area (Å²) in [5.74, 6) is 0. The first-order valence-corrected chi connectivity index (χ1v) is 3.84.